The van der Waals surface area contributed by atoms with Gasteiger partial charge in [0, 0.05) is 21.9 Å². The third-order valence-electron chi connectivity index (χ3n) is 6.87. The van der Waals surface area contributed by atoms with Gasteiger partial charge in [0.05, 0.1) is 16.5 Å². The van der Waals surface area contributed by atoms with E-state index < -0.39 is 0 Å². The second-order valence-corrected chi connectivity index (χ2v) is 8.33. The Kier molecular flexibility index (Phi) is 3.07. The molecular formula is C28H19NO. The number of allylic oxidation sites excluding steroid dienone is 6. The summed E-state index contributed by atoms with van der Waals surface area (Å²) in [5.74, 6) is 1.89. The average molecular weight is 385 g/mol. The van der Waals surface area contributed by atoms with Gasteiger partial charge < -0.3 is 4.74 Å². The van der Waals surface area contributed by atoms with Crippen molar-refractivity contribution in [1.82, 2.24) is 0 Å². The van der Waals surface area contributed by atoms with Gasteiger partial charge in [-0.25, -0.2) is 4.99 Å². The number of ether oxygens (including phenoxy) is 1. The van der Waals surface area contributed by atoms with Crippen LogP contribution in [-0.2, 0) is 5.41 Å². The third kappa shape index (κ3) is 1.91. The van der Waals surface area contributed by atoms with Gasteiger partial charge in [-0.15, -0.1) is 0 Å². The van der Waals surface area contributed by atoms with Crippen molar-refractivity contribution in [2.24, 2.45) is 4.99 Å². The minimum Gasteiger partial charge on any atom is -0.457 e. The predicted octanol–water partition coefficient (Wildman–Crippen LogP) is 5.11. The molecule has 3 aromatic carbocycles. The molecule has 0 saturated carbocycles. The largest absolute Gasteiger partial charge is 0.457 e. The number of nitrogens with zero attached hydrogens (tertiary/aromatic N) is 1. The number of para-hydroxylation sites is 3. The molecule has 2 heteroatoms. The number of benzene rings is 3. The molecule has 0 saturated heterocycles. The Hall–Kier alpha value is -3.65. The Morgan fingerprint density at radius 3 is 2.30 bits per heavy atom. The van der Waals surface area contributed by atoms with Crippen molar-refractivity contribution < 1.29 is 4.74 Å². The molecule has 0 N–H and O–H groups in total. The lowest BCUT2D eigenvalue weighted by atomic mass is 9.59. The predicted molar refractivity (Wildman–Crippen MR) is 118 cm³/mol. The summed E-state index contributed by atoms with van der Waals surface area (Å²) in [6.07, 6.45) is 8.58. The van der Waals surface area contributed by atoms with E-state index in [2.05, 4.69) is 91.0 Å². The summed E-state index contributed by atoms with van der Waals surface area (Å²) < 4.78 is 6.38. The maximum atomic E-state index is 6.38. The van der Waals surface area contributed by atoms with Gasteiger partial charge in [0.15, 0.2) is 0 Å². The Bertz CT molecular complexity index is 1420. The number of fused-ring (bicyclic) bond motifs is 8. The van der Waals surface area contributed by atoms with E-state index in [0.717, 1.165) is 35.4 Å². The molecule has 2 nitrogen and oxygen atoms in total. The van der Waals surface area contributed by atoms with Crippen LogP contribution in [0.2, 0.25) is 0 Å². The van der Waals surface area contributed by atoms with Crippen molar-refractivity contribution in [3.8, 4) is 11.5 Å². The standard InChI is InChI=1S/C28H19NO/c1-2-10-19-18(9-1)17-28(26-20-11-3-6-14-23(20)29-27(19)26)21-12-4-7-15-24(21)30-25-16-8-5-13-22(25)28/h1-9,11-16H,10,17H2. The van der Waals surface area contributed by atoms with Crippen LogP contribution in [0.25, 0.3) is 5.57 Å². The van der Waals surface area contributed by atoms with Crippen LogP contribution in [0.1, 0.15) is 24.0 Å². The number of hydrogen-bond acceptors (Lipinski definition) is 2. The molecule has 0 aromatic heterocycles. The van der Waals surface area contributed by atoms with Crippen molar-refractivity contribution >= 4 is 5.57 Å². The molecule has 4 aliphatic rings. The first-order valence-electron chi connectivity index (χ1n) is 10.5. The fourth-order valence-corrected chi connectivity index (χ4v) is 5.67. The second kappa shape index (κ2) is 5.70. The summed E-state index contributed by atoms with van der Waals surface area (Å²) in [5, 5.41) is 2.33. The molecule has 0 atom stereocenters. The Labute approximate surface area is 174 Å². The smallest absolute Gasteiger partial charge is 0.131 e. The van der Waals surface area contributed by atoms with Crippen LogP contribution < -0.4 is 15.3 Å². The SMILES string of the molecule is C1=CCC2=C3N=c4ccccc4=C3C3(CC2=C1)c1ccccc1Oc1ccccc13. The quantitative estimate of drug-likeness (QED) is 0.527. The van der Waals surface area contributed by atoms with Crippen LogP contribution >= 0.6 is 0 Å². The van der Waals surface area contributed by atoms with Crippen molar-refractivity contribution in [1.29, 1.82) is 0 Å². The van der Waals surface area contributed by atoms with Crippen molar-refractivity contribution in [2.75, 3.05) is 0 Å². The molecule has 0 fully saturated rings. The van der Waals surface area contributed by atoms with Gasteiger partial charge in [-0.2, -0.15) is 0 Å². The van der Waals surface area contributed by atoms with E-state index in [1.54, 1.807) is 0 Å². The third-order valence-corrected chi connectivity index (χ3v) is 6.87. The highest BCUT2D eigenvalue weighted by molar-refractivity contribution is 5.87. The topological polar surface area (TPSA) is 21.6 Å². The van der Waals surface area contributed by atoms with Gasteiger partial charge in [-0.05, 0) is 42.2 Å². The summed E-state index contributed by atoms with van der Waals surface area (Å²) in [6.45, 7) is 0. The molecule has 1 spiro atoms. The van der Waals surface area contributed by atoms with Crippen molar-refractivity contribution in [3.63, 3.8) is 0 Å². The zero-order valence-corrected chi connectivity index (χ0v) is 16.4. The highest BCUT2D eigenvalue weighted by Gasteiger charge is 2.51. The van der Waals surface area contributed by atoms with E-state index in [4.69, 9.17) is 9.73 Å². The van der Waals surface area contributed by atoms with Crippen LogP contribution in [0.3, 0.4) is 0 Å². The highest BCUT2D eigenvalue weighted by Crippen LogP contribution is 2.60. The van der Waals surface area contributed by atoms with Gasteiger partial charge in [0.1, 0.15) is 11.5 Å². The maximum absolute atomic E-state index is 6.38. The Balaban J connectivity index is 1.71. The van der Waals surface area contributed by atoms with E-state index in [0.29, 0.717) is 0 Å². The van der Waals surface area contributed by atoms with Crippen LogP contribution in [0.15, 0.2) is 113 Å². The van der Waals surface area contributed by atoms with Crippen LogP contribution in [0.5, 0.6) is 11.5 Å². The molecule has 2 aliphatic carbocycles. The molecule has 0 amide bonds. The summed E-state index contributed by atoms with van der Waals surface area (Å²) in [4.78, 5) is 5.18. The molecule has 0 radical (unpaired) electrons. The fraction of sp³-hybridized carbons (Fsp3) is 0.107. The van der Waals surface area contributed by atoms with E-state index in [1.165, 1.54) is 33.1 Å². The minimum absolute atomic E-state index is 0.308. The van der Waals surface area contributed by atoms with Gasteiger partial charge in [-0.3, -0.25) is 0 Å². The van der Waals surface area contributed by atoms with Crippen LogP contribution in [0.4, 0.5) is 0 Å². The maximum Gasteiger partial charge on any atom is 0.131 e. The lowest BCUT2D eigenvalue weighted by Crippen LogP contribution is -2.40. The van der Waals surface area contributed by atoms with Gasteiger partial charge in [0.2, 0.25) is 0 Å². The van der Waals surface area contributed by atoms with E-state index >= 15 is 0 Å². The minimum atomic E-state index is -0.308. The Morgan fingerprint density at radius 1 is 0.800 bits per heavy atom. The second-order valence-electron chi connectivity index (χ2n) is 8.33. The number of hydrogen-bond donors (Lipinski definition) is 0. The van der Waals surface area contributed by atoms with Gasteiger partial charge >= 0.3 is 0 Å². The lowest BCUT2D eigenvalue weighted by Gasteiger charge is -2.45. The first-order valence-corrected chi connectivity index (χ1v) is 10.5. The molecule has 2 heterocycles. The summed E-state index contributed by atoms with van der Waals surface area (Å²) in [7, 11) is 0. The number of rotatable bonds is 0. The van der Waals surface area contributed by atoms with E-state index in [-0.39, 0.29) is 5.41 Å². The van der Waals surface area contributed by atoms with Crippen LogP contribution in [0, 0.1) is 0 Å². The highest BCUT2D eigenvalue weighted by atomic mass is 16.5. The average Bonchev–Trinajstić information content (AvgIpc) is 3.20. The van der Waals surface area contributed by atoms with Crippen molar-refractivity contribution in [2.45, 2.75) is 18.3 Å². The van der Waals surface area contributed by atoms with E-state index in [9.17, 15) is 0 Å². The molecule has 3 aromatic rings. The molecule has 0 unspecified atom stereocenters. The summed E-state index contributed by atoms with van der Waals surface area (Å²) >= 11 is 0. The normalized spacial score (nSPS) is 19.1. The zero-order valence-electron chi connectivity index (χ0n) is 16.4. The molecule has 0 bridgehead atoms. The Morgan fingerprint density at radius 2 is 1.50 bits per heavy atom. The fourth-order valence-electron chi connectivity index (χ4n) is 5.67. The van der Waals surface area contributed by atoms with Crippen LogP contribution in [-0.4, -0.2) is 0 Å². The first kappa shape index (κ1) is 16.2. The summed E-state index contributed by atoms with van der Waals surface area (Å²) in [6, 6.07) is 25.6. The molecular weight excluding hydrogens is 366 g/mol. The van der Waals surface area contributed by atoms with Gasteiger partial charge in [-0.1, -0.05) is 72.8 Å². The lowest BCUT2D eigenvalue weighted by molar-refractivity contribution is 0.422. The monoisotopic (exact) mass is 385 g/mol. The molecule has 2 aliphatic heterocycles. The van der Waals surface area contributed by atoms with Crippen molar-refractivity contribution in [3.05, 3.63) is 130 Å². The van der Waals surface area contributed by atoms with Gasteiger partial charge in [0.25, 0.3) is 0 Å². The molecule has 7 rings (SSSR count). The van der Waals surface area contributed by atoms with E-state index in [1.807, 2.05) is 0 Å². The molecule has 30 heavy (non-hydrogen) atoms. The molecule has 142 valence electrons. The zero-order chi connectivity index (χ0) is 19.7. The summed E-state index contributed by atoms with van der Waals surface area (Å²) in [5.41, 5.74) is 7.41. The first-order chi connectivity index (χ1) is 14.9.